The topological polar surface area (TPSA) is 185 Å². The molecule has 7 rings (SSSR count). The number of piperidine rings is 1. The summed E-state index contributed by atoms with van der Waals surface area (Å²) < 4.78 is 1.88. The van der Waals surface area contributed by atoms with Crippen LogP contribution in [0.15, 0.2) is 73.2 Å². The van der Waals surface area contributed by atoms with E-state index in [1.165, 1.54) is 18.2 Å². The standard InChI is InChI=1S/C33H26N8O6/c42-27-10-9-25(31(45)39-27)41-32(46)22-8-7-19(12-23(22)33(41)47)30(44)38-16-26-35-13-18(14-36-26)15-37-28(43)17-40-24-6-2-1-4-20(24)21-5-3-11-34-29(21)40/h1-8,11-14,25H,9-10,15-17H2,(H,37,43)(H,38,44)(H,39,42,45). The summed E-state index contributed by atoms with van der Waals surface area (Å²) >= 11 is 0. The molecule has 234 valence electrons. The zero-order valence-electron chi connectivity index (χ0n) is 24.7. The number of amides is 6. The van der Waals surface area contributed by atoms with E-state index in [-0.39, 0.29) is 55.1 Å². The molecule has 47 heavy (non-hydrogen) atoms. The molecule has 0 saturated carbocycles. The van der Waals surface area contributed by atoms with E-state index >= 15 is 0 Å². The fourth-order valence-corrected chi connectivity index (χ4v) is 5.87. The number of hydrogen-bond acceptors (Lipinski definition) is 9. The van der Waals surface area contributed by atoms with Gasteiger partial charge in [0.1, 0.15) is 24.1 Å². The molecule has 3 N–H and O–H groups in total. The van der Waals surface area contributed by atoms with Crippen LogP contribution >= 0.6 is 0 Å². The van der Waals surface area contributed by atoms with Gasteiger partial charge in [-0.3, -0.25) is 39.0 Å². The molecule has 0 spiro atoms. The number of fused-ring (bicyclic) bond motifs is 4. The Morgan fingerprint density at radius 2 is 1.62 bits per heavy atom. The van der Waals surface area contributed by atoms with Crippen molar-refractivity contribution in [2.75, 3.05) is 0 Å². The van der Waals surface area contributed by atoms with E-state index < -0.39 is 35.6 Å². The van der Waals surface area contributed by atoms with Crippen LogP contribution < -0.4 is 16.0 Å². The third kappa shape index (κ3) is 5.45. The molecule has 0 radical (unpaired) electrons. The lowest BCUT2D eigenvalue weighted by atomic mass is 10.0. The predicted octanol–water partition coefficient (Wildman–Crippen LogP) is 1.63. The van der Waals surface area contributed by atoms with Crippen LogP contribution in [0, 0.1) is 0 Å². The van der Waals surface area contributed by atoms with Crippen molar-refractivity contribution in [3.63, 3.8) is 0 Å². The monoisotopic (exact) mass is 630 g/mol. The normalized spacial score (nSPS) is 16.0. The molecule has 2 aromatic carbocycles. The fraction of sp³-hybridized carbons (Fsp3) is 0.182. The van der Waals surface area contributed by atoms with Crippen molar-refractivity contribution < 1.29 is 28.8 Å². The zero-order chi connectivity index (χ0) is 32.7. The highest BCUT2D eigenvalue weighted by Crippen LogP contribution is 2.29. The lowest BCUT2D eigenvalue weighted by Gasteiger charge is -2.27. The Kier molecular flexibility index (Phi) is 7.44. The van der Waals surface area contributed by atoms with Crippen molar-refractivity contribution in [2.45, 2.75) is 38.5 Å². The van der Waals surface area contributed by atoms with E-state index in [1.54, 1.807) is 18.6 Å². The lowest BCUT2D eigenvalue weighted by molar-refractivity contribution is -0.136. The van der Waals surface area contributed by atoms with Crippen molar-refractivity contribution in [3.05, 3.63) is 101 Å². The van der Waals surface area contributed by atoms with E-state index in [0.29, 0.717) is 11.4 Å². The first-order valence-corrected chi connectivity index (χ1v) is 14.8. The number of nitrogens with zero attached hydrogens (tertiary/aromatic N) is 5. The van der Waals surface area contributed by atoms with Gasteiger partial charge in [-0.1, -0.05) is 18.2 Å². The number of imide groups is 2. The summed E-state index contributed by atoms with van der Waals surface area (Å²) in [5.74, 6) is -2.93. The average molecular weight is 631 g/mol. The Morgan fingerprint density at radius 3 is 2.43 bits per heavy atom. The van der Waals surface area contributed by atoms with Gasteiger partial charge in [0.05, 0.1) is 23.2 Å². The largest absolute Gasteiger partial charge is 0.350 e. The van der Waals surface area contributed by atoms with Crippen LogP contribution in [0.4, 0.5) is 0 Å². The molecule has 14 nitrogen and oxygen atoms in total. The van der Waals surface area contributed by atoms with Gasteiger partial charge in [-0.25, -0.2) is 15.0 Å². The van der Waals surface area contributed by atoms with E-state index in [0.717, 1.165) is 26.8 Å². The van der Waals surface area contributed by atoms with Gasteiger partial charge in [-0.15, -0.1) is 0 Å². The second-order valence-electron chi connectivity index (χ2n) is 11.2. The molecule has 0 bridgehead atoms. The van der Waals surface area contributed by atoms with E-state index in [1.807, 2.05) is 41.0 Å². The average Bonchev–Trinajstić information content (AvgIpc) is 3.53. The number of aromatic nitrogens is 4. The highest BCUT2D eigenvalue weighted by atomic mass is 16.2. The summed E-state index contributed by atoms with van der Waals surface area (Å²) in [6, 6.07) is 14.7. The molecule has 3 aromatic heterocycles. The second-order valence-corrected chi connectivity index (χ2v) is 11.2. The molecule has 2 aliphatic heterocycles. The minimum Gasteiger partial charge on any atom is -0.350 e. The lowest BCUT2D eigenvalue weighted by Crippen LogP contribution is -2.54. The number of benzene rings is 2. The van der Waals surface area contributed by atoms with Crippen LogP contribution in [0.1, 0.15) is 55.3 Å². The van der Waals surface area contributed by atoms with Crippen molar-refractivity contribution in [1.29, 1.82) is 0 Å². The SMILES string of the molecule is O=C(Cn1c2ccccc2c2cccnc21)NCc1cnc(CNC(=O)c2ccc3c(c2)C(=O)N(C2CCC(=O)NC2=O)C3=O)nc1. The molecule has 5 aromatic rings. The van der Waals surface area contributed by atoms with Gasteiger partial charge in [0.15, 0.2) is 0 Å². The molecule has 0 aliphatic carbocycles. The van der Waals surface area contributed by atoms with Crippen LogP contribution in [0.5, 0.6) is 0 Å². The Hall–Kier alpha value is -6.31. The van der Waals surface area contributed by atoms with Crippen molar-refractivity contribution in [3.8, 4) is 0 Å². The third-order valence-electron chi connectivity index (χ3n) is 8.19. The van der Waals surface area contributed by atoms with Crippen LogP contribution in [0.2, 0.25) is 0 Å². The zero-order valence-corrected chi connectivity index (χ0v) is 24.7. The molecule has 6 amide bonds. The minimum atomic E-state index is -1.09. The van der Waals surface area contributed by atoms with Crippen LogP contribution in [-0.4, -0.2) is 65.9 Å². The summed E-state index contributed by atoms with van der Waals surface area (Å²) in [4.78, 5) is 89.3. The van der Waals surface area contributed by atoms with Gasteiger partial charge in [0.25, 0.3) is 17.7 Å². The number of nitrogens with one attached hydrogen (secondary N) is 3. The summed E-state index contributed by atoms with van der Waals surface area (Å²) in [6.45, 7) is 0.274. The first-order chi connectivity index (χ1) is 22.8. The summed E-state index contributed by atoms with van der Waals surface area (Å²) in [5.41, 5.74) is 2.52. The number of para-hydroxylation sites is 1. The van der Waals surface area contributed by atoms with Crippen LogP contribution in [-0.2, 0) is 34.0 Å². The molecule has 1 unspecified atom stereocenters. The number of rotatable bonds is 8. The summed E-state index contributed by atoms with van der Waals surface area (Å²) in [6.07, 6.45) is 4.86. The molecule has 14 heteroatoms. The number of carbonyl (C=O) groups excluding carboxylic acids is 6. The predicted molar refractivity (Wildman–Crippen MR) is 165 cm³/mol. The van der Waals surface area contributed by atoms with Crippen molar-refractivity contribution in [2.24, 2.45) is 0 Å². The van der Waals surface area contributed by atoms with Gasteiger partial charge >= 0.3 is 0 Å². The fourth-order valence-electron chi connectivity index (χ4n) is 5.87. The van der Waals surface area contributed by atoms with Crippen molar-refractivity contribution >= 4 is 57.4 Å². The first kappa shape index (κ1) is 29.4. The Labute approximate surface area is 266 Å². The van der Waals surface area contributed by atoms with Crippen molar-refractivity contribution in [1.82, 2.24) is 40.4 Å². The van der Waals surface area contributed by atoms with E-state index in [9.17, 15) is 28.8 Å². The highest BCUT2D eigenvalue weighted by Gasteiger charge is 2.44. The maximum absolute atomic E-state index is 13.1. The summed E-state index contributed by atoms with van der Waals surface area (Å²) in [5, 5.41) is 9.72. The van der Waals surface area contributed by atoms with Gasteiger partial charge in [0.2, 0.25) is 17.7 Å². The highest BCUT2D eigenvalue weighted by molar-refractivity contribution is 6.24. The second kappa shape index (κ2) is 11.9. The minimum absolute atomic E-state index is 0.00409. The first-order valence-electron chi connectivity index (χ1n) is 14.8. The summed E-state index contributed by atoms with van der Waals surface area (Å²) in [7, 11) is 0. The third-order valence-corrected chi connectivity index (χ3v) is 8.19. The molecule has 1 fully saturated rings. The van der Waals surface area contributed by atoms with Crippen LogP contribution in [0.25, 0.3) is 21.9 Å². The maximum Gasteiger partial charge on any atom is 0.262 e. The molecule has 5 heterocycles. The molecule has 1 atom stereocenters. The van der Waals surface area contributed by atoms with Gasteiger partial charge < -0.3 is 15.2 Å². The Balaban J connectivity index is 0.942. The molecule has 2 aliphatic rings. The smallest absolute Gasteiger partial charge is 0.262 e. The quantitative estimate of drug-likeness (QED) is 0.214. The van der Waals surface area contributed by atoms with Gasteiger partial charge in [-0.05, 0) is 42.8 Å². The maximum atomic E-state index is 13.1. The molecular formula is C33H26N8O6. The Morgan fingerprint density at radius 1 is 0.851 bits per heavy atom. The number of pyridine rings is 1. The van der Waals surface area contributed by atoms with Crippen LogP contribution in [0.3, 0.4) is 0 Å². The Bertz CT molecular complexity index is 2090. The van der Waals surface area contributed by atoms with E-state index in [4.69, 9.17) is 0 Å². The number of carbonyl (C=O) groups is 6. The van der Waals surface area contributed by atoms with Gasteiger partial charge in [0, 0.05) is 53.5 Å². The molecular weight excluding hydrogens is 604 g/mol. The number of hydrogen-bond donors (Lipinski definition) is 3. The molecule has 1 saturated heterocycles. The van der Waals surface area contributed by atoms with Gasteiger partial charge in [-0.2, -0.15) is 0 Å². The van der Waals surface area contributed by atoms with E-state index in [2.05, 4.69) is 30.9 Å².